The molecule has 2 aliphatic heterocycles. The zero-order valence-corrected chi connectivity index (χ0v) is 8.50. The monoisotopic (exact) mass is 205 g/mol. The van der Waals surface area contributed by atoms with Crippen molar-refractivity contribution < 1.29 is 10.2 Å². The fourth-order valence-electron chi connectivity index (χ4n) is 2.75. The molecule has 1 aliphatic carbocycles. The summed E-state index contributed by atoms with van der Waals surface area (Å²) < 4.78 is 0. The number of rotatable bonds is 3. The van der Waals surface area contributed by atoms with Crippen molar-refractivity contribution in [3.05, 3.63) is 35.9 Å². The zero-order chi connectivity index (χ0) is 10.5. The molecule has 0 amide bonds. The van der Waals surface area contributed by atoms with Gasteiger partial charge in [-0.15, -0.1) is 0 Å². The van der Waals surface area contributed by atoms with E-state index in [1.165, 1.54) is 5.56 Å². The second-order valence-corrected chi connectivity index (χ2v) is 4.57. The second kappa shape index (κ2) is 3.04. The Morgan fingerprint density at radius 2 is 1.93 bits per heavy atom. The Bertz CT molecular complexity index is 355. The SMILES string of the molecule is OCC1(O)[C@H]2C[C@H]1N2Cc1ccccc1. The summed E-state index contributed by atoms with van der Waals surface area (Å²) >= 11 is 0. The van der Waals surface area contributed by atoms with Gasteiger partial charge < -0.3 is 10.2 Å². The Balaban J connectivity index is 1.66. The van der Waals surface area contributed by atoms with Crippen molar-refractivity contribution in [1.29, 1.82) is 0 Å². The largest absolute Gasteiger partial charge is 0.393 e. The third-order valence-electron chi connectivity index (χ3n) is 3.86. The minimum Gasteiger partial charge on any atom is -0.393 e. The van der Waals surface area contributed by atoms with Gasteiger partial charge in [-0.05, 0) is 12.0 Å². The van der Waals surface area contributed by atoms with Crippen LogP contribution in [0.4, 0.5) is 0 Å². The normalized spacial score (nSPS) is 38.3. The van der Waals surface area contributed by atoms with Gasteiger partial charge in [-0.1, -0.05) is 30.3 Å². The van der Waals surface area contributed by atoms with Gasteiger partial charge in [0.05, 0.1) is 6.61 Å². The lowest BCUT2D eigenvalue weighted by atomic mass is 9.58. The van der Waals surface area contributed by atoms with Crippen LogP contribution in [0.25, 0.3) is 0 Å². The minimum absolute atomic E-state index is 0.104. The molecule has 0 spiro atoms. The molecule has 2 heterocycles. The van der Waals surface area contributed by atoms with Gasteiger partial charge in [0, 0.05) is 18.6 Å². The summed E-state index contributed by atoms with van der Waals surface area (Å²) in [6.45, 7) is 0.784. The number of hydrogen-bond donors (Lipinski definition) is 2. The van der Waals surface area contributed by atoms with E-state index in [-0.39, 0.29) is 18.7 Å². The van der Waals surface area contributed by atoms with E-state index in [0.717, 1.165) is 13.0 Å². The van der Waals surface area contributed by atoms with E-state index in [1.807, 2.05) is 18.2 Å². The first-order valence-electron chi connectivity index (χ1n) is 5.38. The molecule has 1 saturated carbocycles. The average molecular weight is 205 g/mol. The van der Waals surface area contributed by atoms with Gasteiger partial charge in [0.2, 0.25) is 0 Å². The van der Waals surface area contributed by atoms with Crippen molar-refractivity contribution in [1.82, 2.24) is 4.90 Å². The lowest BCUT2D eigenvalue weighted by Gasteiger charge is -2.71. The number of aliphatic hydroxyl groups is 2. The lowest BCUT2D eigenvalue weighted by molar-refractivity contribution is -0.305. The van der Waals surface area contributed by atoms with Crippen molar-refractivity contribution >= 4 is 0 Å². The molecule has 0 aromatic heterocycles. The van der Waals surface area contributed by atoms with Gasteiger partial charge in [-0.25, -0.2) is 0 Å². The molecular weight excluding hydrogens is 190 g/mol. The van der Waals surface area contributed by atoms with E-state index in [2.05, 4.69) is 17.0 Å². The van der Waals surface area contributed by atoms with E-state index in [9.17, 15) is 5.11 Å². The summed E-state index contributed by atoms with van der Waals surface area (Å²) in [5.74, 6) is 0. The molecule has 15 heavy (non-hydrogen) atoms. The third kappa shape index (κ3) is 1.11. The molecule has 3 fully saturated rings. The van der Waals surface area contributed by atoms with E-state index in [0.29, 0.717) is 0 Å². The maximum atomic E-state index is 9.89. The summed E-state index contributed by atoms with van der Waals surface area (Å²) in [7, 11) is 0. The zero-order valence-electron chi connectivity index (χ0n) is 8.50. The first kappa shape index (κ1) is 9.33. The van der Waals surface area contributed by atoms with Crippen LogP contribution in [0.3, 0.4) is 0 Å². The highest BCUT2D eigenvalue weighted by Gasteiger charge is 2.69. The average Bonchev–Trinajstić information content (AvgIpc) is 2.23. The van der Waals surface area contributed by atoms with Gasteiger partial charge >= 0.3 is 0 Å². The number of hydrogen-bond acceptors (Lipinski definition) is 3. The van der Waals surface area contributed by atoms with Crippen LogP contribution in [-0.4, -0.2) is 39.4 Å². The summed E-state index contributed by atoms with van der Waals surface area (Å²) in [6, 6.07) is 10.6. The van der Waals surface area contributed by atoms with Crippen molar-refractivity contribution in [2.75, 3.05) is 6.61 Å². The van der Waals surface area contributed by atoms with Crippen LogP contribution in [0.5, 0.6) is 0 Å². The highest BCUT2D eigenvalue weighted by molar-refractivity contribution is 5.27. The van der Waals surface area contributed by atoms with E-state index >= 15 is 0 Å². The molecule has 0 radical (unpaired) electrons. The van der Waals surface area contributed by atoms with Crippen LogP contribution >= 0.6 is 0 Å². The fraction of sp³-hybridized carbons (Fsp3) is 0.500. The molecule has 2 atom stereocenters. The van der Waals surface area contributed by atoms with Crippen LogP contribution in [0.15, 0.2) is 30.3 Å². The minimum atomic E-state index is -0.797. The topological polar surface area (TPSA) is 43.7 Å². The molecule has 3 aliphatic rings. The molecule has 1 aromatic rings. The molecule has 2 N–H and O–H groups in total. The Kier molecular flexibility index (Phi) is 1.89. The van der Waals surface area contributed by atoms with E-state index < -0.39 is 5.60 Å². The molecule has 2 saturated heterocycles. The Hall–Kier alpha value is -0.900. The van der Waals surface area contributed by atoms with Gasteiger partial charge in [0.15, 0.2) is 0 Å². The van der Waals surface area contributed by atoms with Gasteiger partial charge in [0.25, 0.3) is 0 Å². The molecule has 2 bridgehead atoms. The predicted octanol–water partition coefficient (Wildman–Crippen LogP) is 0.366. The highest BCUT2D eigenvalue weighted by atomic mass is 16.3. The van der Waals surface area contributed by atoms with Crippen LogP contribution in [0.2, 0.25) is 0 Å². The first-order valence-corrected chi connectivity index (χ1v) is 5.38. The standard InChI is InChI=1S/C12H15NO2/c14-8-12(15)10-6-11(12)13(10)7-9-4-2-1-3-5-9/h1-5,10-11,14-15H,6-8H2/t10-,11-/m1/s1. The van der Waals surface area contributed by atoms with Crippen molar-refractivity contribution in [3.8, 4) is 0 Å². The number of aliphatic hydroxyl groups excluding tert-OH is 1. The Morgan fingerprint density at radius 1 is 1.27 bits per heavy atom. The summed E-state index contributed by atoms with van der Waals surface area (Å²) in [5, 5.41) is 18.9. The molecular formula is C12H15NO2. The third-order valence-corrected chi connectivity index (χ3v) is 3.86. The van der Waals surface area contributed by atoms with E-state index in [1.54, 1.807) is 0 Å². The summed E-state index contributed by atoms with van der Waals surface area (Å²) in [4.78, 5) is 2.26. The van der Waals surface area contributed by atoms with Crippen molar-refractivity contribution in [2.45, 2.75) is 30.7 Å². The fourth-order valence-corrected chi connectivity index (χ4v) is 2.75. The quantitative estimate of drug-likeness (QED) is 0.749. The van der Waals surface area contributed by atoms with Gasteiger partial charge in [0.1, 0.15) is 5.60 Å². The van der Waals surface area contributed by atoms with Crippen LogP contribution < -0.4 is 0 Å². The van der Waals surface area contributed by atoms with Gasteiger partial charge in [-0.2, -0.15) is 0 Å². The second-order valence-electron chi connectivity index (χ2n) is 4.57. The van der Waals surface area contributed by atoms with Crippen LogP contribution in [0.1, 0.15) is 12.0 Å². The lowest BCUT2D eigenvalue weighted by Crippen LogP contribution is -2.88. The smallest absolute Gasteiger partial charge is 0.119 e. The molecule has 80 valence electrons. The first-order chi connectivity index (χ1) is 7.25. The summed E-state index contributed by atoms with van der Waals surface area (Å²) in [5.41, 5.74) is 0.474. The molecule has 3 nitrogen and oxygen atoms in total. The maximum Gasteiger partial charge on any atom is 0.119 e. The predicted molar refractivity (Wildman–Crippen MR) is 56.2 cm³/mol. The Morgan fingerprint density at radius 3 is 2.47 bits per heavy atom. The molecule has 1 aromatic carbocycles. The molecule has 4 rings (SSSR count). The van der Waals surface area contributed by atoms with Gasteiger partial charge in [-0.3, -0.25) is 4.90 Å². The van der Waals surface area contributed by atoms with Crippen molar-refractivity contribution in [2.24, 2.45) is 0 Å². The molecule has 3 heteroatoms. The Labute approximate surface area is 89.0 Å². The summed E-state index contributed by atoms with van der Waals surface area (Å²) in [6.07, 6.45) is 1.03. The van der Waals surface area contributed by atoms with Crippen LogP contribution in [0, 0.1) is 0 Å². The van der Waals surface area contributed by atoms with E-state index in [4.69, 9.17) is 5.11 Å². The van der Waals surface area contributed by atoms with Crippen molar-refractivity contribution in [3.63, 3.8) is 0 Å². The molecule has 0 unspecified atom stereocenters. The number of nitrogens with zero attached hydrogens (tertiary/aromatic N) is 1. The number of benzene rings is 1. The maximum absolute atomic E-state index is 9.89. The highest BCUT2D eigenvalue weighted by Crippen LogP contribution is 2.53. The van der Waals surface area contributed by atoms with Crippen LogP contribution in [-0.2, 0) is 6.54 Å².